The molecule has 0 aromatic carbocycles. The Morgan fingerprint density at radius 3 is 1.07 bits per heavy atom. The highest BCUT2D eigenvalue weighted by atomic mass is 79.9. The standard InChI is InChI=1S/C20H33N2.C19H31N2.C17H25N2.2C15H23N2.C13H19N2.10BrH/c1-21-14-8-13-20(21)19-12-7-16-22(17-19)15-5-3-2-4-9-18-10-6-11-18;1-17(2)10-6-4-5-7-14-21-15-8-11-18(16-21)19-12-9-13-20(19)3;1-3-4-5-6-7-13-19-14-8-10-16(15-19)17-11-9-12-18(17)2;2*1-3-4-5-11-17-12-6-8-14(13-17)15-9-7-10-16(15)2;1-3-8-15-10-4-6-12(11-15)13-7-5-9-14(13)2;;;;;;;;;;/h7,12,16-18,20H,2-6,8-11,13-15H2,1H3;8,10-11,15-16,19H,4-7,9,12-14H2,1-3H3;8,10,14-15,17H,3-4,7,9,11-13H2,1-2H3;2*4-6,8,12-13,15H,3,7,9-11H2,1-2H3;3-4,6,10-11,13H,1,5,7-9H2,2H3;10*1H/q6*+1;;;;;;;;;;/p-6/b;;;5-4+;5-4-;;;;;;;;;;;. The van der Waals surface area contributed by atoms with Crippen LogP contribution < -0.4 is 217 Å². The average Bonchev–Trinajstić information content (AvgIpc) is 1.79. The van der Waals surface area contributed by atoms with Crippen LogP contribution >= 0.6 is 0 Å². The van der Waals surface area contributed by atoms with Crippen molar-refractivity contribution < 1.29 is 217 Å². The van der Waals surface area contributed by atoms with E-state index in [1.807, 2.05) is 6.08 Å². The SMILES string of the molecule is C=CC[n+]1cccc(C2CCCN2C)c1.CC(C)=CCCCCC[n+]1cccc(C2CCC[NH+]2C)c1.CC/C=C/C[n+]1cccc(C2CCC[NH+]2C)c1.CC/C=C\C[n+]1cccc(C2CCC[NH+]2C)c1.CCCC#CCC[n+]1cccc(C2CCCN2C)c1.C[NH+]1CCCC1c1ccc[n+](CCCCCCC2CCC2)c1.[Br-].[Br-].[Br-].[Br-].[Br-].[Br-].[Br-].[Br-].[Br-].[Br-]. The van der Waals surface area contributed by atoms with Crippen LogP contribution in [-0.2, 0) is 39.3 Å². The third-order valence-corrected chi connectivity index (χ3v) is 24.8. The second-order valence-electron chi connectivity index (χ2n) is 34.1. The number of hydrogen-bond donors (Lipinski definition) is 4. The summed E-state index contributed by atoms with van der Waals surface area (Å²) >= 11 is 0. The molecule has 6 aliphatic heterocycles. The quantitative estimate of drug-likeness (QED) is 0.0157. The molecule has 1 aliphatic carbocycles. The molecule has 4 N–H and O–H groups in total. The second kappa shape index (κ2) is 72.7. The summed E-state index contributed by atoms with van der Waals surface area (Å²) in [6, 6.07) is 30.9. The highest BCUT2D eigenvalue weighted by Crippen LogP contribution is 2.32. The van der Waals surface area contributed by atoms with E-state index in [4.69, 9.17) is 0 Å². The molecule has 0 spiro atoms. The number of halogens is 10. The summed E-state index contributed by atoms with van der Waals surface area (Å²) in [4.78, 5) is 11.6. The van der Waals surface area contributed by atoms with Gasteiger partial charge in [-0.2, -0.15) is 0 Å². The zero-order chi connectivity index (χ0) is 78.6. The fourth-order valence-electron chi connectivity index (χ4n) is 18.0. The maximum atomic E-state index is 3.77. The summed E-state index contributed by atoms with van der Waals surface area (Å²) in [7, 11) is 13.7. The first kappa shape index (κ1) is 123. The number of hydrogen-bond acceptors (Lipinski definition) is 2. The van der Waals surface area contributed by atoms with Gasteiger partial charge in [0.2, 0.25) is 0 Å². The Kier molecular flexibility index (Phi) is 74.0. The van der Waals surface area contributed by atoms with E-state index in [0.717, 1.165) is 82.8 Å². The van der Waals surface area contributed by atoms with E-state index < -0.39 is 0 Å². The molecular formula is C99H158Br10N12. The summed E-state index contributed by atoms with van der Waals surface area (Å²) in [5.41, 5.74) is 10.4. The lowest BCUT2D eigenvalue weighted by Crippen LogP contribution is -3.07. The lowest BCUT2D eigenvalue weighted by molar-refractivity contribution is -0.898. The third kappa shape index (κ3) is 45.9. The van der Waals surface area contributed by atoms with Crippen LogP contribution in [-0.4, -0.2) is 91.4 Å². The van der Waals surface area contributed by atoms with Gasteiger partial charge in [-0.05, 0) is 172 Å². The summed E-state index contributed by atoms with van der Waals surface area (Å²) in [5.74, 6) is 7.56. The summed E-state index contributed by atoms with van der Waals surface area (Å²) in [6.07, 6.45) is 78.5. The van der Waals surface area contributed by atoms with Gasteiger partial charge in [-0.1, -0.05) is 95.6 Å². The maximum Gasteiger partial charge on any atom is 0.178 e. The lowest BCUT2D eigenvalue weighted by Gasteiger charge is -2.24. The minimum Gasteiger partial charge on any atom is -1.00 e. The molecule has 22 heteroatoms. The number of allylic oxidation sites excluding steroid dienone is 7. The van der Waals surface area contributed by atoms with Crippen LogP contribution in [0.15, 0.2) is 196 Å². The average molecular weight is 2320 g/mol. The third-order valence-electron chi connectivity index (χ3n) is 24.8. The van der Waals surface area contributed by atoms with E-state index in [2.05, 4.69) is 310 Å². The van der Waals surface area contributed by atoms with Crippen LogP contribution in [0.2, 0.25) is 0 Å². The first-order valence-electron chi connectivity index (χ1n) is 44.9. The molecule has 7 aliphatic rings. The van der Waals surface area contributed by atoms with Gasteiger partial charge >= 0.3 is 0 Å². The first-order chi connectivity index (χ1) is 54.2. The molecule has 12 heterocycles. The minimum absolute atomic E-state index is 0. The lowest BCUT2D eigenvalue weighted by atomic mass is 9.82. The Labute approximate surface area is 842 Å². The molecule has 12 nitrogen and oxygen atoms in total. The highest BCUT2D eigenvalue weighted by molar-refractivity contribution is 5.16. The second-order valence-corrected chi connectivity index (χ2v) is 34.1. The fourth-order valence-corrected chi connectivity index (χ4v) is 18.0. The number of rotatable bonds is 30. The van der Waals surface area contributed by atoms with Crippen molar-refractivity contribution in [1.82, 2.24) is 9.80 Å². The normalized spacial score (nSPS) is 21.0. The van der Waals surface area contributed by atoms with Gasteiger partial charge in [-0.3, -0.25) is 9.80 Å². The van der Waals surface area contributed by atoms with Gasteiger partial charge < -0.3 is 189 Å². The van der Waals surface area contributed by atoms with Crippen LogP contribution in [0.3, 0.4) is 0 Å². The molecule has 0 radical (unpaired) electrons. The van der Waals surface area contributed by atoms with E-state index >= 15 is 0 Å². The zero-order valence-electron chi connectivity index (χ0n) is 75.9. The molecule has 0 amide bonds. The number of nitrogens with one attached hydrogen (secondary N) is 4. The molecule has 684 valence electrons. The van der Waals surface area contributed by atoms with Crippen molar-refractivity contribution >= 4 is 0 Å². The van der Waals surface area contributed by atoms with Gasteiger partial charge in [-0.25, -0.2) is 27.4 Å². The fraction of sp³-hybridized carbons (Fsp3) is 0.596. The molecule has 6 aromatic heterocycles. The molecule has 6 saturated heterocycles. The highest BCUT2D eigenvalue weighted by Gasteiger charge is 2.33. The van der Waals surface area contributed by atoms with E-state index in [1.165, 1.54) is 233 Å². The van der Waals surface area contributed by atoms with E-state index in [9.17, 15) is 0 Å². The van der Waals surface area contributed by atoms with Gasteiger partial charge in [0.15, 0.2) is 101 Å². The molecule has 6 aromatic rings. The maximum absolute atomic E-state index is 3.77. The van der Waals surface area contributed by atoms with Gasteiger partial charge in [0.1, 0.15) is 37.3 Å². The van der Waals surface area contributed by atoms with Crippen LogP contribution in [0.25, 0.3) is 0 Å². The van der Waals surface area contributed by atoms with Crippen LogP contribution in [0.5, 0.6) is 0 Å². The number of pyridine rings is 6. The van der Waals surface area contributed by atoms with Crippen LogP contribution in [0.4, 0.5) is 0 Å². The number of likely N-dealkylation sites (tertiary alicyclic amines) is 6. The van der Waals surface area contributed by atoms with Crippen molar-refractivity contribution in [3.8, 4) is 11.8 Å². The van der Waals surface area contributed by atoms with E-state index in [1.54, 1.807) is 25.2 Å². The Hall–Kier alpha value is -2.02. The summed E-state index contributed by atoms with van der Waals surface area (Å²) in [5, 5.41) is 0. The molecule has 1 saturated carbocycles. The minimum atomic E-state index is 0. The van der Waals surface area contributed by atoms with Crippen molar-refractivity contribution in [2.75, 3.05) is 81.6 Å². The molecule has 10 atom stereocenters. The number of aryl methyl sites for hydroxylation is 3. The largest absolute Gasteiger partial charge is 1.00 e. The number of nitrogens with zero attached hydrogens (tertiary/aromatic N) is 8. The topological polar surface area (TPSA) is 47.5 Å². The molecule has 121 heavy (non-hydrogen) atoms. The van der Waals surface area contributed by atoms with Crippen molar-refractivity contribution in [2.24, 2.45) is 5.92 Å². The predicted octanol–water partition coefficient (Wildman–Crippen LogP) is -16.6. The molecule has 7 fully saturated rings. The predicted molar refractivity (Wildman–Crippen MR) is 459 cm³/mol. The van der Waals surface area contributed by atoms with Crippen molar-refractivity contribution in [1.29, 1.82) is 0 Å². The van der Waals surface area contributed by atoms with Gasteiger partial charge in [0, 0.05) is 130 Å². The Morgan fingerprint density at radius 2 is 0.727 bits per heavy atom. The van der Waals surface area contributed by atoms with Crippen molar-refractivity contribution in [2.45, 2.75) is 296 Å². The summed E-state index contributed by atoms with van der Waals surface area (Å²) in [6.45, 7) is 28.6. The zero-order valence-corrected chi connectivity index (χ0v) is 91.8. The number of aromatic nitrogens is 6. The molecule has 0 bridgehead atoms. The van der Waals surface area contributed by atoms with Gasteiger partial charge in [0.05, 0.1) is 83.0 Å². The number of quaternary nitrogens is 4. The van der Waals surface area contributed by atoms with Crippen molar-refractivity contribution in [3.05, 3.63) is 229 Å². The summed E-state index contributed by atoms with van der Waals surface area (Å²) < 4.78 is 13.9. The monoisotopic (exact) mass is 2300 g/mol. The smallest absolute Gasteiger partial charge is 0.178 e. The van der Waals surface area contributed by atoms with Gasteiger partial charge in [-0.15, -0.1) is 5.92 Å². The van der Waals surface area contributed by atoms with Crippen molar-refractivity contribution in [3.63, 3.8) is 0 Å². The van der Waals surface area contributed by atoms with Gasteiger partial charge in [0.25, 0.3) is 0 Å². The number of unbranched alkanes of at least 4 members (excludes halogenated alkanes) is 7. The van der Waals surface area contributed by atoms with Crippen LogP contribution in [0, 0.1) is 17.8 Å². The Bertz CT molecular complexity index is 3700. The van der Waals surface area contributed by atoms with E-state index in [0.29, 0.717) is 24.2 Å². The molecule has 13 rings (SSSR count). The van der Waals surface area contributed by atoms with E-state index in [-0.39, 0.29) is 170 Å². The Morgan fingerprint density at radius 1 is 0.388 bits per heavy atom. The first-order valence-corrected chi connectivity index (χ1v) is 44.9. The Balaban J connectivity index is -0.00000136. The molecule has 10 unspecified atom stereocenters. The van der Waals surface area contributed by atoms with Crippen LogP contribution in [0.1, 0.15) is 290 Å². The molecular weight excluding hydrogens is 2160 g/mol.